The van der Waals surface area contributed by atoms with E-state index in [9.17, 15) is 5.11 Å². The highest BCUT2D eigenvalue weighted by atomic mass is 16.5. The van der Waals surface area contributed by atoms with Crippen molar-refractivity contribution in [2.45, 2.75) is 30.3 Å². The van der Waals surface area contributed by atoms with Crippen molar-refractivity contribution >= 4 is 0 Å². The molecular formula is C23H27NO3. The summed E-state index contributed by atoms with van der Waals surface area (Å²) < 4.78 is 11.0. The number of methoxy groups -OCH3 is 2. The van der Waals surface area contributed by atoms with Crippen molar-refractivity contribution in [3.8, 4) is 11.5 Å². The Morgan fingerprint density at radius 1 is 1.04 bits per heavy atom. The van der Waals surface area contributed by atoms with E-state index in [1.165, 1.54) is 16.8 Å². The highest BCUT2D eigenvalue weighted by Gasteiger charge is 2.52. The van der Waals surface area contributed by atoms with E-state index < -0.39 is 6.10 Å². The maximum atomic E-state index is 10.6. The maximum absolute atomic E-state index is 10.6. The summed E-state index contributed by atoms with van der Waals surface area (Å²) >= 11 is 0. The van der Waals surface area contributed by atoms with Crippen LogP contribution in [0, 0.1) is 0 Å². The van der Waals surface area contributed by atoms with Gasteiger partial charge in [0.2, 0.25) is 0 Å². The Morgan fingerprint density at radius 2 is 1.78 bits per heavy atom. The number of hydrogen-bond donors (Lipinski definition) is 1. The average Bonchev–Trinajstić information content (AvgIpc) is 3.05. The number of benzene rings is 2. The molecule has 142 valence electrons. The van der Waals surface area contributed by atoms with Crippen molar-refractivity contribution in [1.82, 2.24) is 4.90 Å². The number of nitrogens with zero attached hydrogens (tertiary/aromatic N) is 1. The van der Waals surface area contributed by atoms with Gasteiger partial charge in [-0.05, 0) is 42.2 Å². The smallest absolute Gasteiger partial charge is 0.161 e. The molecule has 0 bridgehead atoms. The Morgan fingerprint density at radius 3 is 2.48 bits per heavy atom. The predicted molar refractivity (Wildman–Crippen MR) is 106 cm³/mol. The molecule has 2 aromatic rings. The minimum absolute atomic E-state index is 0.172. The van der Waals surface area contributed by atoms with Crippen LogP contribution in [0.25, 0.3) is 0 Å². The normalized spacial score (nSPS) is 27.1. The van der Waals surface area contributed by atoms with Crippen LogP contribution in [0.5, 0.6) is 11.5 Å². The summed E-state index contributed by atoms with van der Waals surface area (Å²) in [5.41, 5.74) is 3.53. The fourth-order valence-electron chi connectivity index (χ4n) is 4.97. The molecule has 3 atom stereocenters. The molecule has 1 aliphatic heterocycles. The van der Waals surface area contributed by atoms with Crippen molar-refractivity contribution < 1.29 is 14.6 Å². The van der Waals surface area contributed by atoms with Crippen LogP contribution in [0.1, 0.15) is 29.9 Å². The Hall–Kier alpha value is -2.46. The maximum Gasteiger partial charge on any atom is 0.161 e. The van der Waals surface area contributed by atoms with E-state index in [1.807, 2.05) is 18.2 Å². The van der Waals surface area contributed by atoms with Crippen LogP contribution in [-0.2, 0) is 5.41 Å². The number of fused-ring (bicyclic) bond motifs is 1. The number of aliphatic hydroxyl groups excluding tert-OH is 1. The third kappa shape index (κ3) is 2.79. The largest absolute Gasteiger partial charge is 0.493 e. The van der Waals surface area contributed by atoms with Crippen molar-refractivity contribution in [2.24, 2.45) is 0 Å². The quantitative estimate of drug-likeness (QED) is 0.897. The Kier molecular flexibility index (Phi) is 4.60. The Balaban J connectivity index is 1.92. The zero-order valence-corrected chi connectivity index (χ0v) is 16.2. The second kappa shape index (κ2) is 6.93. The molecule has 0 spiro atoms. The van der Waals surface area contributed by atoms with Gasteiger partial charge in [-0.3, -0.25) is 0 Å². The first-order chi connectivity index (χ1) is 13.1. The number of aliphatic hydroxyl groups is 1. The summed E-state index contributed by atoms with van der Waals surface area (Å²) in [5.74, 6) is 1.69. The lowest BCUT2D eigenvalue weighted by Crippen LogP contribution is -2.40. The SMILES string of the molecule is COc1ccc([C@]23CCN(C)C2=C[C@@H](O)C[C@H]3c2ccccc2)cc1OC. The van der Waals surface area contributed by atoms with Gasteiger partial charge in [-0.2, -0.15) is 0 Å². The highest BCUT2D eigenvalue weighted by molar-refractivity contribution is 5.52. The fourth-order valence-corrected chi connectivity index (χ4v) is 4.97. The van der Waals surface area contributed by atoms with Gasteiger partial charge >= 0.3 is 0 Å². The third-order valence-electron chi connectivity index (χ3n) is 6.23. The summed E-state index contributed by atoms with van der Waals surface area (Å²) in [5, 5.41) is 10.6. The zero-order valence-electron chi connectivity index (χ0n) is 16.2. The van der Waals surface area contributed by atoms with E-state index in [-0.39, 0.29) is 11.3 Å². The third-order valence-corrected chi connectivity index (χ3v) is 6.23. The molecule has 4 nitrogen and oxygen atoms in total. The standard InChI is InChI=1S/C23H27NO3/c1-24-12-11-23(17-9-10-20(26-2)21(13-17)27-3)19(14-18(25)15-22(23)24)16-7-5-4-6-8-16/h4-10,13,15,18-19,25H,11-12,14H2,1-3H3/t18-,19-,23-/m0/s1. The monoisotopic (exact) mass is 365 g/mol. The van der Waals surface area contributed by atoms with E-state index in [0.717, 1.165) is 30.9 Å². The molecule has 1 aliphatic carbocycles. The van der Waals surface area contributed by atoms with Crippen LogP contribution < -0.4 is 9.47 Å². The van der Waals surface area contributed by atoms with Crippen LogP contribution in [0.15, 0.2) is 60.3 Å². The van der Waals surface area contributed by atoms with Gasteiger partial charge in [-0.15, -0.1) is 0 Å². The predicted octanol–water partition coefficient (Wildman–Crippen LogP) is 3.71. The minimum Gasteiger partial charge on any atom is -0.493 e. The summed E-state index contributed by atoms with van der Waals surface area (Å²) in [7, 11) is 5.46. The van der Waals surface area contributed by atoms with Crippen molar-refractivity contribution in [2.75, 3.05) is 27.8 Å². The molecule has 1 saturated heterocycles. The topological polar surface area (TPSA) is 41.9 Å². The molecule has 4 rings (SSSR count). The summed E-state index contributed by atoms with van der Waals surface area (Å²) in [6, 6.07) is 16.8. The van der Waals surface area contributed by atoms with Crippen molar-refractivity contribution in [3.63, 3.8) is 0 Å². The summed E-state index contributed by atoms with van der Waals surface area (Å²) in [6.07, 6.45) is 3.34. The number of hydrogen-bond acceptors (Lipinski definition) is 4. The van der Waals surface area contributed by atoms with E-state index in [4.69, 9.17) is 9.47 Å². The second-order valence-corrected chi connectivity index (χ2v) is 7.53. The molecule has 0 aromatic heterocycles. The van der Waals surface area contributed by atoms with E-state index in [1.54, 1.807) is 14.2 Å². The number of ether oxygens (including phenoxy) is 2. The molecule has 1 heterocycles. The van der Waals surface area contributed by atoms with Crippen LogP contribution in [0.4, 0.5) is 0 Å². The Bertz CT molecular complexity index is 848. The molecule has 0 radical (unpaired) electrons. The van der Waals surface area contributed by atoms with Gasteiger partial charge in [0.15, 0.2) is 11.5 Å². The fraction of sp³-hybridized carbons (Fsp3) is 0.391. The van der Waals surface area contributed by atoms with Crippen LogP contribution in [0.3, 0.4) is 0 Å². The molecule has 1 fully saturated rings. The van der Waals surface area contributed by atoms with Gasteiger partial charge in [0.25, 0.3) is 0 Å². The van der Waals surface area contributed by atoms with E-state index >= 15 is 0 Å². The van der Waals surface area contributed by atoms with Crippen molar-refractivity contribution in [1.29, 1.82) is 0 Å². The first-order valence-electron chi connectivity index (χ1n) is 9.49. The molecule has 0 unspecified atom stereocenters. The van der Waals surface area contributed by atoms with Gasteiger partial charge in [0, 0.05) is 30.6 Å². The van der Waals surface area contributed by atoms with Gasteiger partial charge in [0.1, 0.15) is 0 Å². The molecule has 1 N–H and O–H groups in total. The lowest BCUT2D eigenvalue weighted by molar-refractivity contribution is 0.165. The van der Waals surface area contributed by atoms with Crippen LogP contribution in [-0.4, -0.2) is 43.9 Å². The zero-order chi connectivity index (χ0) is 19.0. The molecule has 0 saturated carbocycles. The average molecular weight is 365 g/mol. The number of allylic oxidation sites excluding steroid dienone is 1. The minimum atomic E-state index is -0.431. The summed E-state index contributed by atoms with van der Waals surface area (Å²) in [6.45, 7) is 0.968. The second-order valence-electron chi connectivity index (χ2n) is 7.53. The number of rotatable bonds is 4. The Labute approximate surface area is 161 Å². The van der Waals surface area contributed by atoms with Gasteiger partial charge < -0.3 is 19.5 Å². The molecule has 4 heteroatoms. The highest BCUT2D eigenvalue weighted by Crippen LogP contribution is 2.56. The molecule has 27 heavy (non-hydrogen) atoms. The lowest BCUT2D eigenvalue weighted by atomic mass is 9.61. The van der Waals surface area contributed by atoms with E-state index in [0.29, 0.717) is 0 Å². The number of likely N-dealkylation sites (tertiary alicyclic amines) is 1. The van der Waals surface area contributed by atoms with Crippen molar-refractivity contribution in [3.05, 3.63) is 71.4 Å². The molecule has 2 aliphatic rings. The summed E-state index contributed by atoms with van der Waals surface area (Å²) in [4.78, 5) is 2.29. The van der Waals surface area contributed by atoms with E-state index in [2.05, 4.69) is 48.3 Å². The van der Waals surface area contributed by atoms with Crippen LogP contribution in [0.2, 0.25) is 0 Å². The first-order valence-corrected chi connectivity index (χ1v) is 9.49. The van der Waals surface area contributed by atoms with Crippen LogP contribution >= 0.6 is 0 Å². The van der Waals surface area contributed by atoms with Gasteiger partial charge in [0.05, 0.1) is 20.3 Å². The number of likely N-dealkylation sites (N-methyl/N-ethyl adjacent to an activating group) is 1. The molecular weight excluding hydrogens is 338 g/mol. The van der Waals surface area contributed by atoms with Gasteiger partial charge in [-0.1, -0.05) is 36.4 Å². The van der Waals surface area contributed by atoms with Gasteiger partial charge in [-0.25, -0.2) is 0 Å². The molecule has 2 aromatic carbocycles. The first kappa shape index (κ1) is 17.9. The molecule has 0 amide bonds. The lowest BCUT2D eigenvalue weighted by Gasteiger charge is -2.44.